The van der Waals surface area contributed by atoms with Gasteiger partial charge in [0.1, 0.15) is 42.7 Å². The average Bonchev–Trinajstić information content (AvgIpc) is 3.45. The van der Waals surface area contributed by atoms with E-state index in [1.165, 1.54) is 41.2 Å². The molecule has 4 rings (SSSR count). The summed E-state index contributed by atoms with van der Waals surface area (Å²) < 4.78 is 23.7. The van der Waals surface area contributed by atoms with Crippen LogP contribution < -0.4 is 21.1 Å². The van der Waals surface area contributed by atoms with Crippen molar-refractivity contribution in [3.63, 3.8) is 0 Å². The summed E-state index contributed by atoms with van der Waals surface area (Å²) in [4.78, 5) is 68.9. The highest BCUT2D eigenvalue weighted by Crippen LogP contribution is 2.45. The summed E-state index contributed by atoms with van der Waals surface area (Å²) in [6.45, 7) is 20.3. The van der Waals surface area contributed by atoms with E-state index in [4.69, 9.17) is 18.6 Å². The molecule has 4 N–H and O–H groups in total. The molecule has 0 aromatic heterocycles. The number of esters is 1. The molecule has 0 fully saturated rings. The molecular weight excluding hydrogens is 739 g/mol. The van der Waals surface area contributed by atoms with Crippen LogP contribution in [0.25, 0.3) is 0 Å². The average molecular weight is 794 g/mol. The van der Waals surface area contributed by atoms with Crippen molar-refractivity contribution in [3.05, 3.63) is 78.5 Å². The van der Waals surface area contributed by atoms with Crippen LogP contribution in [0.15, 0.2) is 67.4 Å². The molecule has 0 saturated heterocycles. The molecule has 3 amide bonds. The number of carbonyl (C=O) groups excluding carboxylic acids is 5. The number of ketones is 1. The summed E-state index contributed by atoms with van der Waals surface area (Å²) in [5.74, 6) is -3.33. The fourth-order valence-electron chi connectivity index (χ4n) is 5.92. The smallest absolute Gasteiger partial charge is 0.416 e. The predicted octanol–water partition coefficient (Wildman–Crippen LogP) is 5.38. The van der Waals surface area contributed by atoms with Crippen molar-refractivity contribution < 1.29 is 47.7 Å². The van der Waals surface area contributed by atoms with Crippen LogP contribution in [-0.4, -0.2) is 91.7 Å². The minimum atomic E-state index is -2.65. The number of phenolic OH excluding ortho intramolecular Hbond substituents is 1. The number of nitrogens with one attached hydrogen (secondary N) is 3. The van der Waals surface area contributed by atoms with Crippen molar-refractivity contribution in [3.8, 4) is 5.75 Å². The van der Waals surface area contributed by atoms with E-state index in [1.54, 1.807) is 57.3 Å². The number of hydrogen-bond acceptors (Lipinski definition) is 12. The van der Waals surface area contributed by atoms with Gasteiger partial charge < -0.3 is 39.4 Å². The van der Waals surface area contributed by atoms with Gasteiger partial charge in [-0.15, -0.1) is 0 Å². The summed E-state index contributed by atoms with van der Waals surface area (Å²) in [5.41, 5.74) is 6.32. The van der Waals surface area contributed by atoms with Crippen LogP contribution in [0.5, 0.6) is 5.75 Å². The Hall–Kier alpha value is -5.03. The van der Waals surface area contributed by atoms with Gasteiger partial charge in [-0.25, -0.2) is 19.9 Å². The molecule has 2 heterocycles. The molecule has 0 saturated carbocycles. The van der Waals surface area contributed by atoms with Crippen LogP contribution in [0.4, 0.5) is 16.2 Å². The van der Waals surface area contributed by atoms with E-state index < -0.39 is 62.0 Å². The number of phenols is 1. The van der Waals surface area contributed by atoms with Gasteiger partial charge in [-0.2, -0.15) is 0 Å². The Labute approximate surface area is 329 Å². The molecule has 16 heteroatoms. The summed E-state index contributed by atoms with van der Waals surface area (Å²) in [6.07, 6.45) is 2.91. The van der Waals surface area contributed by atoms with Crippen molar-refractivity contribution in [1.29, 1.82) is 0 Å². The number of carbonyl (C=O) groups is 5. The number of ether oxygens (including phenoxy) is 3. The highest BCUT2D eigenvalue weighted by atomic mass is 28.4. The largest absolute Gasteiger partial charge is 0.508 e. The predicted molar refractivity (Wildman–Crippen MR) is 213 cm³/mol. The second-order valence-electron chi connectivity index (χ2n) is 15.9. The highest BCUT2D eigenvalue weighted by molar-refractivity contribution is 6.74. The number of hydrazine groups is 1. The van der Waals surface area contributed by atoms with E-state index in [1.807, 2.05) is 6.92 Å². The molecule has 304 valence electrons. The molecule has 0 bridgehead atoms. The van der Waals surface area contributed by atoms with E-state index in [-0.39, 0.29) is 47.1 Å². The molecule has 2 aromatic carbocycles. The number of hydrogen-bond donors (Lipinski definition) is 4. The number of anilines is 2. The zero-order valence-corrected chi connectivity index (χ0v) is 34.8. The third-order valence-electron chi connectivity index (χ3n) is 10.5. The zero-order chi connectivity index (χ0) is 41.7. The normalized spacial score (nSPS) is 20.4. The van der Waals surface area contributed by atoms with Gasteiger partial charge in [-0.1, -0.05) is 59.4 Å². The van der Waals surface area contributed by atoms with Crippen molar-refractivity contribution in [1.82, 2.24) is 15.6 Å². The van der Waals surface area contributed by atoms with E-state index >= 15 is 0 Å². The number of methoxy groups -OCH3 is 1. The number of rotatable bonds is 15. The van der Waals surface area contributed by atoms with Gasteiger partial charge in [0.25, 0.3) is 11.7 Å². The molecule has 0 radical (unpaired) electrons. The van der Waals surface area contributed by atoms with Crippen molar-refractivity contribution in [2.45, 2.75) is 103 Å². The molecular formula is C40H55N5O10Si. The number of nitrogens with zero attached hydrogens (tertiary/aromatic N) is 2. The molecule has 56 heavy (non-hydrogen) atoms. The quantitative estimate of drug-likeness (QED) is 0.0594. The molecule has 0 aliphatic carbocycles. The third kappa shape index (κ3) is 9.49. The number of aromatic hydroxyl groups is 1. The second kappa shape index (κ2) is 17.4. The molecule has 3 unspecified atom stereocenters. The van der Waals surface area contributed by atoms with Gasteiger partial charge in [0.15, 0.2) is 14.5 Å². The molecule has 5 atom stereocenters. The Balaban J connectivity index is 1.51. The highest BCUT2D eigenvalue weighted by Gasteiger charge is 2.56. The van der Waals surface area contributed by atoms with Crippen LogP contribution >= 0.6 is 0 Å². The van der Waals surface area contributed by atoms with E-state index in [9.17, 15) is 29.1 Å². The minimum absolute atomic E-state index is 0.120. The maximum Gasteiger partial charge on any atom is 0.416 e. The Bertz CT molecular complexity index is 1840. The van der Waals surface area contributed by atoms with Crippen LogP contribution in [0.3, 0.4) is 0 Å². The third-order valence-corrected chi connectivity index (χ3v) is 14.9. The fourth-order valence-corrected chi connectivity index (χ4v) is 7.11. The number of Topliss-reactive ketones (excluding diaryl/α,β-unsaturated/α-hetero) is 1. The minimum Gasteiger partial charge on any atom is -0.508 e. The van der Waals surface area contributed by atoms with Crippen LogP contribution in [-0.2, 0) is 39.6 Å². The fraction of sp³-hybridized carbons (Fsp3) is 0.475. The lowest BCUT2D eigenvalue weighted by atomic mass is 9.96. The maximum absolute atomic E-state index is 14.3. The maximum atomic E-state index is 14.3. The zero-order valence-electron chi connectivity index (χ0n) is 33.8. The monoisotopic (exact) mass is 793 g/mol. The van der Waals surface area contributed by atoms with Gasteiger partial charge in [-0.05, 0) is 73.8 Å². The topological polar surface area (TPSA) is 185 Å². The molecule has 2 aliphatic rings. The van der Waals surface area contributed by atoms with E-state index in [0.29, 0.717) is 11.3 Å². The first-order valence-corrected chi connectivity index (χ1v) is 21.3. The Morgan fingerprint density at radius 2 is 1.71 bits per heavy atom. The van der Waals surface area contributed by atoms with Gasteiger partial charge in [-0.3, -0.25) is 14.4 Å². The lowest BCUT2D eigenvalue weighted by Gasteiger charge is -2.47. The van der Waals surface area contributed by atoms with Crippen LogP contribution in [0.2, 0.25) is 18.1 Å². The van der Waals surface area contributed by atoms with Gasteiger partial charge in [0.2, 0.25) is 5.91 Å². The first kappa shape index (κ1) is 43.7. The molecule has 2 aromatic rings. The Morgan fingerprint density at radius 3 is 2.30 bits per heavy atom. The molecule has 0 spiro atoms. The standard InChI is InChI=1S/C40H55N5O10Si/c1-12-21-53-37(50)32(47)31(24(2)3)41-34(48)25(4)42-43-27-15-13-26(14-16-27)23-54-38(51)45-30-22-28(46)17-18-29(30)35(49)44-20-19-40(8,52-9)33(44)36(45)55-56(10,11)39(5,6)7/h12-20,22,24-25,31,33,36,42-43,46H,1,21,23H2,2-11H3,(H,41,48)/t25?,31?,33-,36+,40?/m1/s1. The van der Waals surface area contributed by atoms with Gasteiger partial charge >= 0.3 is 12.1 Å². The Kier molecular flexibility index (Phi) is 13.6. The number of amides is 3. The molecule has 15 nitrogen and oxygen atoms in total. The number of fused-ring (bicyclic) bond motifs is 2. The van der Waals surface area contributed by atoms with Crippen molar-refractivity contribution in [2.75, 3.05) is 24.0 Å². The van der Waals surface area contributed by atoms with Crippen molar-refractivity contribution >= 4 is 49.4 Å². The SMILES string of the molecule is C=CCOC(=O)C(=O)C(NC(=O)C(C)NNc1ccc(COC(=O)N2c3cc(O)ccc3C(=O)N3C=CC(C)(OC)[C@H]3[C@@H]2O[Si](C)(C)C(C)(C)C)cc1)C(C)C. The Morgan fingerprint density at radius 1 is 1.05 bits per heavy atom. The summed E-state index contributed by atoms with van der Waals surface area (Å²) in [5, 5.41) is 12.9. The summed E-state index contributed by atoms with van der Waals surface area (Å²) in [7, 11) is -1.11. The molecule has 2 aliphatic heterocycles. The lowest BCUT2D eigenvalue weighted by molar-refractivity contribution is -0.154. The van der Waals surface area contributed by atoms with Crippen molar-refractivity contribution in [2.24, 2.45) is 5.92 Å². The summed E-state index contributed by atoms with van der Waals surface area (Å²) in [6, 6.07) is 8.42. The number of benzene rings is 2. The first-order chi connectivity index (χ1) is 26.1. The van der Waals surface area contributed by atoms with E-state index in [2.05, 4.69) is 56.6 Å². The second-order valence-corrected chi connectivity index (χ2v) is 20.7. The first-order valence-electron chi connectivity index (χ1n) is 18.4. The van der Waals surface area contributed by atoms with Gasteiger partial charge in [0.05, 0.1) is 11.3 Å². The van der Waals surface area contributed by atoms with Gasteiger partial charge in [0, 0.05) is 25.1 Å². The summed E-state index contributed by atoms with van der Waals surface area (Å²) >= 11 is 0. The van der Waals surface area contributed by atoms with Crippen LogP contribution in [0, 0.1) is 5.92 Å². The van der Waals surface area contributed by atoms with E-state index in [0.717, 1.165) is 0 Å². The lowest BCUT2D eigenvalue weighted by Crippen LogP contribution is -2.63. The van der Waals surface area contributed by atoms with Crippen LogP contribution in [0.1, 0.15) is 64.4 Å².